The Hall–Kier alpha value is -2.63. The first kappa shape index (κ1) is 25.0. The Morgan fingerprint density at radius 1 is 1.09 bits per heavy atom. The van der Waals surface area contributed by atoms with E-state index >= 15 is 0 Å². The number of rotatable bonds is 10. The zero-order chi connectivity index (χ0) is 24.0. The number of benzene rings is 1. The van der Waals surface area contributed by atoms with E-state index in [1.54, 1.807) is 6.08 Å². The van der Waals surface area contributed by atoms with E-state index in [1.165, 1.54) is 24.5 Å². The first-order valence-electron chi connectivity index (χ1n) is 11.0. The molecular weight excluding hydrogens is 436 g/mol. The van der Waals surface area contributed by atoms with Crippen LogP contribution in [0.15, 0.2) is 39.7 Å². The molecule has 0 aliphatic carbocycles. The number of ether oxygens (including phenoxy) is 3. The van der Waals surface area contributed by atoms with E-state index in [0.29, 0.717) is 0 Å². The highest BCUT2D eigenvalue weighted by Gasteiger charge is 2.44. The Bertz CT molecular complexity index is 999. The number of fused-ring (bicyclic) bond motifs is 1. The molecule has 182 valence electrons. The van der Waals surface area contributed by atoms with E-state index in [9.17, 15) is 30.3 Å². The lowest BCUT2D eigenvalue weighted by molar-refractivity contribution is -0.277. The topological polar surface area (TPSA) is 159 Å². The average molecular weight is 466 g/mol. The van der Waals surface area contributed by atoms with Crippen molar-refractivity contribution < 1.29 is 44.2 Å². The molecule has 10 heteroatoms. The molecule has 5 N–H and O–H groups in total. The van der Waals surface area contributed by atoms with Crippen molar-refractivity contribution in [2.75, 3.05) is 6.61 Å². The number of aromatic hydroxyl groups is 1. The van der Waals surface area contributed by atoms with Gasteiger partial charge in [-0.15, -0.1) is 0 Å². The molecule has 0 spiro atoms. The first-order valence-corrected chi connectivity index (χ1v) is 11.0. The van der Waals surface area contributed by atoms with Crippen LogP contribution in [0.2, 0.25) is 0 Å². The summed E-state index contributed by atoms with van der Waals surface area (Å²) >= 11 is 0. The molecule has 0 amide bonds. The zero-order valence-electron chi connectivity index (χ0n) is 18.3. The van der Waals surface area contributed by atoms with Gasteiger partial charge in [0, 0.05) is 6.07 Å². The van der Waals surface area contributed by atoms with Crippen LogP contribution in [0.25, 0.3) is 11.0 Å². The largest absolute Gasteiger partial charge is 0.504 e. The Kier molecular flexibility index (Phi) is 8.70. The maximum Gasteiger partial charge on any atom is 0.383 e. The van der Waals surface area contributed by atoms with Gasteiger partial charge in [0.1, 0.15) is 35.7 Å². The van der Waals surface area contributed by atoms with E-state index in [2.05, 4.69) is 6.92 Å². The van der Waals surface area contributed by atoms with E-state index in [1.807, 2.05) is 0 Å². The van der Waals surface area contributed by atoms with Crippen LogP contribution in [-0.4, -0.2) is 62.8 Å². The number of aliphatic hydroxyl groups excluding tert-OH is 4. The van der Waals surface area contributed by atoms with Crippen LogP contribution < -0.4 is 15.1 Å². The van der Waals surface area contributed by atoms with Crippen molar-refractivity contribution in [1.82, 2.24) is 0 Å². The average Bonchev–Trinajstić information content (AvgIpc) is 2.80. The summed E-state index contributed by atoms with van der Waals surface area (Å²) in [6.07, 6.45) is 1.09. The normalized spacial score (nSPS) is 25.5. The van der Waals surface area contributed by atoms with Gasteiger partial charge in [-0.1, -0.05) is 26.2 Å². The number of aliphatic hydroxyl groups is 4. The van der Waals surface area contributed by atoms with Gasteiger partial charge in [0.2, 0.25) is 6.29 Å². The minimum atomic E-state index is -1.59. The van der Waals surface area contributed by atoms with Gasteiger partial charge in [0.15, 0.2) is 5.75 Å². The summed E-state index contributed by atoms with van der Waals surface area (Å²) in [7, 11) is 0. The summed E-state index contributed by atoms with van der Waals surface area (Å²) in [4.78, 5) is 12.3. The van der Waals surface area contributed by atoms with Crippen molar-refractivity contribution in [2.45, 2.75) is 69.7 Å². The predicted octanol–water partition coefficient (Wildman–Crippen LogP) is 1.54. The van der Waals surface area contributed by atoms with Crippen molar-refractivity contribution in [2.24, 2.45) is 0 Å². The zero-order valence-corrected chi connectivity index (χ0v) is 18.3. The number of hydrogen-bond acceptors (Lipinski definition) is 10. The van der Waals surface area contributed by atoms with Crippen molar-refractivity contribution in [3.63, 3.8) is 0 Å². The van der Waals surface area contributed by atoms with Gasteiger partial charge in [-0.05, 0) is 31.1 Å². The van der Waals surface area contributed by atoms with Gasteiger partial charge in [-0.2, -0.15) is 0 Å². The molecule has 0 bridgehead atoms. The molecule has 1 aromatic carbocycles. The lowest BCUT2D eigenvalue weighted by Gasteiger charge is -2.39. The number of unbranched alkanes of at least 4 members (excludes halogenated alkanes) is 4. The summed E-state index contributed by atoms with van der Waals surface area (Å²) in [6.45, 7) is 1.53. The third-order valence-electron chi connectivity index (χ3n) is 5.42. The molecule has 0 radical (unpaired) electrons. The Morgan fingerprint density at radius 2 is 1.88 bits per heavy atom. The van der Waals surface area contributed by atoms with Crippen LogP contribution in [0.3, 0.4) is 0 Å². The molecule has 0 saturated carbocycles. The summed E-state index contributed by atoms with van der Waals surface area (Å²) < 4.78 is 21.3. The summed E-state index contributed by atoms with van der Waals surface area (Å²) in [5.74, 6) is -0.638. The van der Waals surface area contributed by atoms with Gasteiger partial charge < -0.3 is 44.2 Å². The van der Waals surface area contributed by atoms with E-state index in [-0.39, 0.29) is 22.5 Å². The molecule has 1 fully saturated rings. The molecule has 1 aromatic heterocycles. The van der Waals surface area contributed by atoms with Gasteiger partial charge in [0.05, 0.1) is 18.3 Å². The molecule has 1 unspecified atom stereocenters. The lowest BCUT2D eigenvalue weighted by Crippen LogP contribution is -2.60. The third-order valence-corrected chi connectivity index (χ3v) is 5.42. The maximum atomic E-state index is 12.3. The fourth-order valence-corrected chi connectivity index (χ4v) is 3.50. The second-order valence-electron chi connectivity index (χ2n) is 7.88. The standard InChI is InChI=1S/C23H30O10/c1-2-3-4-5-6-7-10-30-21-17(25)14-9-8-13(11-15(14)32-22(21)29)31-23-20(28)19(27)18(26)16(12-24)33-23/h7-11,16,18-20,23-28H,2-6,12H2,1H3/t16-,18-,19+,20-,23?/m1/s1. The van der Waals surface area contributed by atoms with Crippen LogP contribution in [0, 0.1) is 0 Å². The second kappa shape index (κ2) is 11.5. The molecule has 3 rings (SSSR count). The molecule has 1 aliphatic heterocycles. The highest BCUT2D eigenvalue weighted by molar-refractivity contribution is 5.86. The highest BCUT2D eigenvalue weighted by Crippen LogP contribution is 2.34. The predicted molar refractivity (Wildman–Crippen MR) is 117 cm³/mol. The molecule has 1 saturated heterocycles. The number of hydrogen-bond donors (Lipinski definition) is 5. The van der Waals surface area contributed by atoms with Crippen LogP contribution in [0.5, 0.6) is 17.2 Å². The fourth-order valence-electron chi connectivity index (χ4n) is 3.50. The first-order chi connectivity index (χ1) is 15.9. The lowest BCUT2D eigenvalue weighted by atomic mass is 9.99. The monoisotopic (exact) mass is 466 g/mol. The van der Waals surface area contributed by atoms with Crippen molar-refractivity contribution >= 4 is 11.0 Å². The van der Waals surface area contributed by atoms with Gasteiger partial charge in [-0.3, -0.25) is 0 Å². The summed E-state index contributed by atoms with van der Waals surface area (Å²) in [6, 6.07) is 4.15. The van der Waals surface area contributed by atoms with Crippen LogP contribution in [0.4, 0.5) is 0 Å². The van der Waals surface area contributed by atoms with E-state index in [4.69, 9.17) is 18.6 Å². The van der Waals surface area contributed by atoms with Crippen LogP contribution in [0.1, 0.15) is 39.0 Å². The molecular formula is C23H30O10. The van der Waals surface area contributed by atoms with Crippen LogP contribution >= 0.6 is 0 Å². The number of allylic oxidation sites excluding steroid dienone is 1. The van der Waals surface area contributed by atoms with Gasteiger partial charge in [-0.25, -0.2) is 4.79 Å². The van der Waals surface area contributed by atoms with Crippen LogP contribution in [-0.2, 0) is 4.74 Å². The SMILES string of the molecule is CCCCCCC=COc1c(O)c2ccc(OC3O[C@H](CO)[C@@H](O)[C@H](O)[C@H]3O)cc2oc1=O. The maximum absolute atomic E-state index is 12.3. The molecule has 10 nitrogen and oxygen atoms in total. The van der Waals surface area contributed by atoms with Gasteiger partial charge in [0.25, 0.3) is 5.75 Å². The molecule has 5 atom stereocenters. The third kappa shape index (κ3) is 5.84. The minimum Gasteiger partial charge on any atom is -0.504 e. The Labute approximate surface area is 190 Å². The quantitative estimate of drug-likeness (QED) is 0.197. The molecule has 33 heavy (non-hydrogen) atoms. The molecule has 1 aliphatic rings. The minimum absolute atomic E-state index is 0.00418. The summed E-state index contributed by atoms with van der Waals surface area (Å²) in [5.41, 5.74) is -0.892. The fraction of sp³-hybridized carbons (Fsp3) is 0.522. The Morgan fingerprint density at radius 3 is 2.61 bits per heavy atom. The highest BCUT2D eigenvalue weighted by atomic mass is 16.7. The van der Waals surface area contributed by atoms with E-state index in [0.717, 1.165) is 32.1 Å². The second-order valence-corrected chi connectivity index (χ2v) is 7.88. The smallest absolute Gasteiger partial charge is 0.383 e. The molecule has 2 aromatic rings. The Balaban J connectivity index is 1.73. The van der Waals surface area contributed by atoms with Crippen molar-refractivity contribution in [3.8, 4) is 17.2 Å². The molecule has 2 heterocycles. The van der Waals surface area contributed by atoms with Crippen molar-refractivity contribution in [1.29, 1.82) is 0 Å². The van der Waals surface area contributed by atoms with Crippen molar-refractivity contribution in [3.05, 3.63) is 41.0 Å². The van der Waals surface area contributed by atoms with Gasteiger partial charge >= 0.3 is 5.63 Å². The summed E-state index contributed by atoms with van der Waals surface area (Å²) in [5, 5.41) is 49.8. The van der Waals surface area contributed by atoms with E-state index < -0.39 is 48.7 Å².